The van der Waals surface area contributed by atoms with Crippen molar-refractivity contribution in [1.82, 2.24) is 30.1 Å². The van der Waals surface area contributed by atoms with Gasteiger partial charge in [0.1, 0.15) is 24.3 Å². The fourth-order valence-corrected chi connectivity index (χ4v) is 4.29. The zero-order chi connectivity index (χ0) is 26.8. The van der Waals surface area contributed by atoms with Crippen LogP contribution in [0.15, 0.2) is 47.2 Å². The van der Waals surface area contributed by atoms with Gasteiger partial charge in [0.2, 0.25) is 0 Å². The van der Waals surface area contributed by atoms with E-state index < -0.39 is 28.9 Å². The maximum absolute atomic E-state index is 15.5. The molecule has 0 saturated carbocycles. The number of aromatic nitrogens is 2. The summed E-state index contributed by atoms with van der Waals surface area (Å²) in [6, 6.07) is 0.703. The minimum atomic E-state index is -1.32. The first kappa shape index (κ1) is 25.6. The molecule has 0 radical (unpaired) electrons. The van der Waals surface area contributed by atoms with E-state index in [0.29, 0.717) is 17.5 Å². The Kier molecular flexibility index (Phi) is 7.24. The predicted octanol–water partition coefficient (Wildman–Crippen LogP) is 1.99. The Morgan fingerprint density at radius 3 is 2.87 bits per heavy atom. The summed E-state index contributed by atoms with van der Waals surface area (Å²) >= 11 is 0. The number of aliphatic imine (C=N–C) groups is 1. The molecule has 202 valence electrons. The molecule has 1 saturated heterocycles. The minimum absolute atomic E-state index is 0.0423. The van der Waals surface area contributed by atoms with Crippen LogP contribution in [0.3, 0.4) is 0 Å². The summed E-state index contributed by atoms with van der Waals surface area (Å²) in [4.78, 5) is 19.7. The number of carbonyl (C=O) groups excluding carboxylic acids is 1. The van der Waals surface area contributed by atoms with E-state index in [2.05, 4.69) is 25.8 Å². The van der Waals surface area contributed by atoms with Gasteiger partial charge in [0.15, 0.2) is 17.5 Å². The van der Waals surface area contributed by atoms with Crippen molar-refractivity contribution in [1.29, 1.82) is 0 Å². The monoisotopic (exact) mass is 531 g/mol. The summed E-state index contributed by atoms with van der Waals surface area (Å²) in [7, 11) is 4.04. The maximum atomic E-state index is 15.5. The molecule has 14 heteroatoms. The average Bonchev–Trinajstić information content (AvgIpc) is 3.51. The summed E-state index contributed by atoms with van der Waals surface area (Å²) in [5, 5.41) is 7.38. The van der Waals surface area contributed by atoms with Gasteiger partial charge in [-0.25, -0.2) is 23.2 Å². The second-order valence-corrected chi connectivity index (χ2v) is 9.25. The molecule has 2 aromatic rings. The Morgan fingerprint density at radius 1 is 1.24 bits per heavy atom. The van der Waals surface area contributed by atoms with E-state index in [9.17, 15) is 13.6 Å². The minimum Gasteiger partial charge on any atom is -0.370 e. The van der Waals surface area contributed by atoms with Crippen molar-refractivity contribution in [3.63, 3.8) is 0 Å². The second-order valence-electron chi connectivity index (χ2n) is 9.25. The molecule has 0 spiro atoms. The van der Waals surface area contributed by atoms with Gasteiger partial charge in [-0.3, -0.25) is 19.9 Å². The van der Waals surface area contributed by atoms with E-state index >= 15 is 4.39 Å². The third-order valence-corrected chi connectivity index (χ3v) is 6.20. The van der Waals surface area contributed by atoms with Gasteiger partial charge >= 0.3 is 0 Å². The van der Waals surface area contributed by atoms with E-state index in [1.54, 1.807) is 29.9 Å². The van der Waals surface area contributed by atoms with Gasteiger partial charge < -0.3 is 20.0 Å². The van der Waals surface area contributed by atoms with Crippen LogP contribution in [0, 0.1) is 17.5 Å². The quantitative estimate of drug-likeness (QED) is 0.475. The van der Waals surface area contributed by atoms with Crippen LogP contribution in [0.2, 0.25) is 0 Å². The number of amides is 1. The Labute approximate surface area is 217 Å². The first-order valence-corrected chi connectivity index (χ1v) is 12.1. The van der Waals surface area contributed by atoms with Gasteiger partial charge in [-0.05, 0) is 27.1 Å². The first-order valence-electron chi connectivity index (χ1n) is 12.1. The Morgan fingerprint density at radius 2 is 2.08 bits per heavy atom. The number of hydrogen-bond donors (Lipinski definition) is 2. The molecule has 1 aromatic heterocycles. The van der Waals surface area contributed by atoms with Crippen LogP contribution in [-0.2, 0) is 22.6 Å². The fourth-order valence-electron chi connectivity index (χ4n) is 4.29. The van der Waals surface area contributed by atoms with Crippen LogP contribution in [0.5, 0.6) is 0 Å². The number of nitrogens with one attached hydrogen (secondary N) is 2. The molecule has 1 amide bonds. The predicted molar refractivity (Wildman–Crippen MR) is 134 cm³/mol. The van der Waals surface area contributed by atoms with Crippen LogP contribution >= 0.6 is 0 Å². The number of hydrogen-bond acceptors (Lipinski definition) is 9. The third-order valence-electron chi connectivity index (χ3n) is 6.20. The molecule has 1 aromatic carbocycles. The van der Waals surface area contributed by atoms with Crippen molar-refractivity contribution in [2.24, 2.45) is 4.99 Å². The SMILES string of the molecule is CN(C)CCCn1cc(NN2C=NC3=CNN(Cc4c(F)c(F)cc(N5CCOCC5=O)c4F)C3=C2)cn1. The molecule has 38 heavy (non-hydrogen) atoms. The van der Waals surface area contributed by atoms with Gasteiger partial charge in [0.05, 0.1) is 42.5 Å². The third kappa shape index (κ3) is 5.31. The van der Waals surface area contributed by atoms with Gasteiger partial charge in [0, 0.05) is 31.6 Å². The van der Waals surface area contributed by atoms with Crippen molar-refractivity contribution in [3.05, 3.63) is 65.3 Å². The number of benzene rings is 1. The first-order chi connectivity index (χ1) is 18.3. The maximum Gasteiger partial charge on any atom is 0.253 e. The number of anilines is 2. The van der Waals surface area contributed by atoms with Crippen molar-refractivity contribution < 1.29 is 22.7 Å². The summed E-state index contributed by atoms with van der Waals surface area (Å²) in [5.41, 5.74) is 6.99. The molecule has 1 fully saturated rings. The van der Waals surface area contributed by atoms with Gasteiger partial charge in [0.25, 0.3) is 5.91 Å². The van der Waals surface area contributed by atoms with Crippen LogP contribution < -0.4 is 15.8 Å². The molecule has 5 rings (SSSR count). The topological polar surface area (TPSA) is 93.5 Å². The van der Waals surface area contributed by atoms with E-state index in [1.807, 2.05) is 25.0 Å². The smallest absolute Gasteiger partial charge is 0.253 e. The lowest BCUT2D eigenvalue weighted by Gasteiger charge is -2.29. The number of nitrogens with zero attached hydrogens (tertiary/aromatic N) is 7. The van der Waals surface area contributed by atoms with Crippen molar-refractivity contribution in [2.75, 3.05) is 50.7 Å². The molecule has 0 unspecified atom stereocenters. The molecule has 11 nitrogen and oxygen atoms in total. The standard InChI is InChI=1S/C24H28F3N9O2/c1-32(2)4-3-5-33-11-16(9-29-33)31-34-13-21-19(28-15-34)10-30-36(21)12-17-23(26)18(25)8-20(24(17)27)35-6-7-38-14-22(35)37/h8-11,13,15,30-31H,3-7,12,14H2,1-2H3. The number of rotatable bonds is 9. The van der Waals surface area contributed by atoms with Crippen molar-refractivity contribution in [2.45, 2.75) is 19.5 Å². The van der Waals surface area contributed by atoms with E-state index in [0.717, 1.165) is 30.1 Å². The number of ether oxygens (including phenoxy) is 1. The van der Waals surface area contributed by atoms with Crippen LogP contribution in [0.25, 0.3) is 0 Å². The summed E-state index contributed by atoms with van der Waals surface area (Å²) < 4.78 is 51.6. The Bertz CT molecular complexity index is 1310. The fraction of sp³-hybridized carbons (Fsp3) is 0.375. The van der Waals surface area contributed by atoms with Gasteiger partial charge in [-0.2, -0.15) is 5.10 Å². The van der Waals surface area contributed by atoms with E-state index in [-0.39, 0.29) is 32.0 Å². The molecule has 3 aliphatic rings. The molecule has 0 aliphatic carbocycles. The number of carbonyl (C=O) groups is 1. The van der Waals surface area contributed by atoms with E-state index in [1.165, 1.54) is 5.01 Å². The lowest BCUT2D eigenvalue weighted by atomic mass is 10.1. The Hall–Kier alpha value is -4.04. The lowest BCUT2D eigenvalue weighted by molar-refractivity contribution is -0.125. The zero-order valence-electron chi connectivity index (χ0n) is 21.0. The number of aryl methyl sites for hydroxylation is 1. The number of halogens is 3. The van der Waals surface area contributed by atoms with Crippen molar-refractivity contribution in [3.8, 4) is 0 Å². The van der Waals surface area contributed by atoms with Gasteiger partial charge in [-0.1, -0.05) is 0 Å². The molecule has 4 heterocycles. The van der Waals surface area contributed by atoms with Crippen LogP contribution in [0.4, 0.5) is 24.5 Å². The highest BCUT2D eigenvalue weighted by atomic mass is 19.2. The second kappa shape index (κ2) is 10.8. The largest absolute Gasteiger partial charge is 0.370 e. The summed E-state index contributed by atoms with van der Waals surface area (Å²) in [6.07, 6.45) is 9.31. The average molecular weight is 532 g/mol. The van der Waals surface area contributed by atoms with E-state index in [4.69, 9.17) is 4.74 Å². The highest BCUT2D eigenvalue weighted by molar-refractivity contribution is 5.95. The highest BCUT2D eigenvalue weighted by Crippen LogP contribution is 2.32. The lowest BCUT2D eigenvalue weighted by Crippen LogP contribution is -2.42. The molecule has 2 N–H and O–H groups in total. The summed E-state index contributed by atoms with van der Waals surface area (Å²) in [6.45, 7) is 1.31. The molecular formula is C24H28F3N9O2. The molecule has 0 atom stereocenters. The van der Waals surface area contributed by atoms with Crippen LogP contribution in [-0.4, -0.2) is 77.3 Å². The Balaban J connectivity index is 1.31. The zero-order valence-corrected chi connectivity index (χ0v) is 21.0. The number of morpholine rings is 1. The summed E-state index contributed by atoms with van der Waals surface area (Å²) in [5.74, 6) is -4.10. The molecular weight excluding hydrogens is 503 g/mol. The number of hydrazine groups is 2. The molecule has 0 bridgehead atoms. The number of fused-ring (bicyclic) bond motifs is 1. The molecule has 3 aliphatic heterocycles. The van der Waals surface area contributed by atoms with Gasteiger partial charge in [-0.15, -0.1) is 0 Å². The highest BCUT2D eigenvalue weighted by Gasteiger charge is 2.31. The van der Waals surface area contributed by atoms with Crippen molar-refractivity contribution >= 4 is 23.6 Å². The normalized spacial score (nSPS) is 17.1. The van der Waals surface area contributed by atoms with Crippen LogP contribution in [0.1, 0.15) is 12.0 Å².